The highest BCUT2D eigenvalue weighted by Gasteiger charge is 2.21. The second-order valence-electron chi connectivity index (χ2n) is 7.31. The van der Waals surface area contributed by atoms with Gasteiger partial charge in [0.25, 0.3) is 0 Å². The second-order valence-corrected chi connectivity index (χ2v) is 7.31. The Morgan fingerprint density at radius 3 is 2.58 bits per heavy atom. The van der Waals surface area contributed by atoms with Gasteiger partial charge in [0.1, 0.15) is 5.82 Å². The summed E-state index contributed by atoms with van der Waals surface area (Å²) < 4.78 is 5.56. The number of pyridine rings is 1. The lowest BCUT2D eigenvalue weighted by Crippen LogP contribution is -2.49. The van der Waals surface area contributed by atoms with E-state index in [2.05, 4.69) is 32.4 Å². The third-order valence-corrected chi connectivity index (χ3v) is 4.94. The first kappa shape index (κ1) is 27.4. The van der Waals surface area contributed by atoms with Crippen LogP contribution in [0.2, 0.25) is 0 Å². The highest BCUT2D eigenvalue weighted by Crippen LogP contribution is 2.12. The molecule has 176 valence electrons. The van der Waals surface area contributed by atoms with E-state index in [-0.39, 0.29) is 29.9 Å². The Morgan fingerprint density at radius 2 is 1.90 bits per heavy atom. The summed E-state index contributed by atoms with van der Waals surface area (Å²) in [6.45, 7) is 11.0. The lowest BCUT2D eigenvalue weighted by Gasteiger charge is -2.35. The molecule has 0 unspecified atom stereocenters. The molecule has 1 aliphatic rings. The van der Waals surface area contributed by atoms with Crippen molar-refractivity contribution in [2.24, 2.45) is 4.99 Å². The molecule has 2 rings (SSSR count). The first-order valence-electron chi connectivity index (χ1n) is 11.3. The SMILES string of the molecule is CCCCOCCCN=C(NCC)NCCC(=O)N1CCN(c2ccccn2)CC1.I. The van der Waals surface area contributed by atoms with Crippen LogP contribution >= 0.6 is 24.0 Å². The second kappa shape index (κ2) is 17.0. The number of ether oxygens (including phenoxy) is 1. The summed E-state index contributed by atoms with van der Waals surface area (Å²) in [6.07, 6.45) is 5.44. The van der Waals surface area contributed by atoms with Gasteiger partial charge in [0.2, 0.25) is 5.91 Å². The van der Waals surface area contributed by atoms with Gasteiger partial charge >= 0.3 is 0 Å². The largest absolute Gasteiger partial charge is 0.381 e. The van der Waals surface area contributed by atoms with E-state index in [1.54, 1.807) is 0 Å². The molecular weight excluding hydrogens is 507 g/mol. The quantitative estimate of drug-likeness (QED) is 0.182. The summed E-state index contributed by atoms with van der Waals surface area (Å²) in [7, 11) is 0. The molecule has 0 saturated carbocycles. The van der Waals surface area contributed by atoms with Crippen LogP contribution in [0.1, 0.15) is 39.5 Å². The van der Waals surface area contributed by atoms with Crippen molar-refractivity contribution in [3.05, 3.63) is 24.4 Å². The van der Waals surface area contributed by atoms with E-state index in [9.17, 15) is 4.79 Å². The van der Waals surface area contributed by atoms with Gasteiger partial charge in [-0.3, -0.25) is 9.79 Å². The highest BCUT2D eigenvalue weighted by molar-refractivity contribution is 14.0. The van der Waals surface area contributed by atoms with Crippen LogP contribution in [0.3, 0.4) is 0 Å². The van der Waals surface area contributed by atoms with Gasteiger partial charge in [0.15, 0.2) is 5.96 Å². The van der Waals surface area contributed by atoms with Gasteiger partial charge < -0.3 is 25.2 Å². The van der Waals surface area contributed by atoms with E-state index in [1.165, 1.54) is 0 Å². The van der Waals surface area contributed by atoms with Crippen molar-refractivity contribution in [3.63, 3.8) is 0 Å². The topological polar surface area (TPSA) is 82.1 Å². The molecular formula is C22H39IN6O2. The number of amides is 1. The molecule has 0 bridgehead atoms. The van der Waals surface area contributed by atoms with Gasteiger partial charge in [-0.15, -0.1) is 24.0 Å². The average Bonchev–Trinajstić information content (AvgIpc) is 2.79. The standard InChI is InChI=1S/C22H38N6O2.HI/c1-3-5-18-30-19-8-12-25-22(23-4-2)26-13-10-21(29)28-16-14-27(15-17-28)20-9-6-7-11-24-20;/h6-7,9,11H,3-5,8,10,12-19H2,1-2H3,(H2,23,25,26);1H. The molecule has 0 spiro atoms. The maximum absolute atomic E-state index is 12.5. The van der Waals surface area contributed by atoms with Gasteiger partial charge in [-0.2, -0.15) is 0 Å². The molecule has 0 aliphatic carbocycles. The predicted molar refractivity (Wildman–Crippen MR) is 137 cm³/mol. The molecule has 1 saturated heterocycles. The number of hydrogen-bond donors (Lipinski definition) is 2. The Morgan fingerprint density at radius 1 is 1.13 bits per heavy atom. The van der Waals surface area contributed by atoms with E-state index >= 15 is 0 Å². The molecule has 0 atom stereocenters. The molecule has 1 aliphatic heterocycles. The van der Waals surface area contributed by atoms with Crippen LogP contribution in [0, 0.1) is 0 Å². The summed E-state index contributed by atoms with van der Waals surface area (Å²) in [5.41, 5.74) is 0. The predicted octanol–water partition coefficient (Wildman–Crippen LogP) is 2.50. The normalized spacial score (nSPS) is 14.2. The van der Waals surface area contributed by atoms with Crippen LogP contribution < -0.4 is 15.5 Å². The van der Waals surface area contributed by atoms with E-state index in [4.69, 9.17) is 4.74 Å². The fourth-order valence-corrected chi connectivity index (χ4v) is 3.22. The van der Waals surface area contributed by atoms with Crippen LogP contribution in [-0.2, 0) is 9.53 Å². The molecule has 2 N–H and O–H groups in total. The first-order valence-corrected chi connectivity index (χ1v) is 11.3. The Kier molecular flexibility index (Phi) is 15.0. The van der Waals surface area contributed by atoms with Crippen LogP contribution in [0.15, 0.2) is 29.4 Å². The van der Waals surface area contributed by atoms with Crippen molar-refractivity contribution < 1.29 is 9.53 Å². The zero-order valence-corrected chi connectivity index (χ0v) is 21.3. The number of nitrogens with zero attached hydrogens (tertiary/aromatic N) is 4. The lowest BCUT2D eigenvalue weighted by atomic mass is 10.2. The molecule has 2 heterocycles. The number of guanidine groups is 1. The lowest BCUT2D eigenvalue weighted by molar-refractivity contribution is -0.131. The third kappa shape index (κ3) is 11.0. The van der Waals surface area contributed by atoms with Crippen molar-refractivity contribution in [2.45, 2.75) is 39.5 Å². The van der Waals surface area contributed by atoms with E-state index < -0.39 is 0 Å². The molecule has 1 amide bonds. The number of unbranched alkanes of at least 4 members (excludes halogenated alkanes) is 1. The zero-order valence-electron chi connectivity index (χ0n) is 19.0. The molecule has 1 aromatic heterocycles. The number of rotatable bonds is 12. The zero-order chi connectivity index (χ0) is 21.4. The van der Waals surface area contributed by atoms with Crippen LogP contribution in [0.5, 0.6) is 0 Å². The molecule has 9 heteroatoms. The Balaban J connectivity index is 0.00000480. The summed E-state index contributed by atoms with van der Waals surface area (Å²) >= 11 is 0. The molecule has 1 fully saturated rings. The maximum Gasteiger partial charge on any atom is 0.224 e. The Bertz CT molecular complexity index is 624. The average molecular weight is 546 g/mol. The molecule has 1 aromatic rings. The fourth-order valence-electron chi connectivity index (χ4n) is 3.22. The molecule has 0 radical (unpaired) electrons. The van der Waals surface area contributed by atoms with E-state index in [0.29, 0.717) is 19.5 Å². The van der Waals surface area contributed by atoms with Gasteiger partial charge in [0.05, 0.1) is 0 Å². The van der Waals surface area contributed by atoms with Crippen LogP contribution in [0.4, 0.5) is 5.82 Å². The summed E-state index contributed by atoms with van der Waals surface area (Å²) in [5, 5.41) is 6.50. The molecule has 0 aromatic carbocycles. The van der Waals surface area contributed by atoms with Crippen molar-refractivity contribution in [1.29, 1.82) is 0 Å². The Hall–Kier alpha value is -1.62. The maximum atomic E-state index is 12.5. The summed E-state index contributed by atoms with van der Waals surface area (Å²) in [4.78, 5) is 25.7. The van der Waals surface area contributed by atoms with Gasteiger partial charge in [0, 0.05) is 71.6 Å². The monoisotopic (exact) mass is 546 g/mol. The Labute approximate surface area is 204 Å². The third-order valence-electron chi connectivity index (χ3n) is 4.94. The number of nitrogens with one attached hydrogen (secondary N) is 2. The number of carbonyl (C=O) groups excluding carboxylic acids is 1. The van der Waals surface area contributed by atoms with Crippen LogP contribution in [-0.4, -0.2) is 80.8 Å². The number of aromatic nitrogens is 1. The van der Waals surface area contributed by atoms with Crippen LogP contribution in [0.25, 0.3) is 0 Å². The number of hydrogen-bond acceptors (Lipinski definition) is 5. The minimum atomic E-state index is 0. The van der Waals surface area contributed by atoms with Crippen molar-refractivity contribution in [1.82, 2.24) is 20.5 Å². The minimum Gasteiger partial charge on any atom is -0.381 e. The van der Waals surface area contributed by atoms with E-state index in [1.807, 2.05) is 36.2 Å². The number of anilines is 1. The summed E-state index contributed by atoms with van der Waals surface area (Å²) in [5.74, 6) is 1.93. The molecule has 8 nitrogen and oxygen atoms in total. The number of aliphatic imine (C=N–C) groups is 1. The van der Waals surface area contributed by atoms with Crippen molar-refractivity contribution in [3.8, 4) is 0 Å². The molecule has 31 heavy (non-hydrogen) atoms. The smallest absolute Gasteiger partial charge is 0.224 e. The van der Waals surface area contributed by atoms with Gasteiger partial charge in [-0.1, -0.05) is 19.4 Å². The highest BCUT2D eigenvalue weighted by atomic mass is 127. The summed E-state index contributed by atoms with van der Waals surface area (Å²) in [6, 6.07) is 5.93. The van der Waals surface area contributed by atoms with Gasteiger partial charge in [-0.05, 0) is 31.9 Å². The first-order chi connectivity index (χ1) is 14.7. The number of piperazine rings is 1. The number of carbonyl (C=O) groups is 1. The minimum absolute atomic E-state index is 0. The van der Waals surface area contributed by atoms with E-state index in [0.717, 1.165) is 77.0 Å². The number of halogens is 1. The van der Waals surface area contributed by atoms with Gasteiger partial charge in [-0.25, -0.2) is 4.98 Å². The van der Waals surface area contributed by atoms with Crippen molar-refractivity contribution in [2.75, 3.05) is 63.9 Å². The fraction of sp³-hybridized carbons (Fsp3) is 0.682. The van der Waals surface area contributed by atoms with Crippen molar-refractivity contribution >= 4 is 41.7 Å².